The van der Waals surface area contributed by atoms with Crippen LogP contribution < -0.4 is 5.32 Å². The monoisotopic (exact) mass is 239 g/mol. The second-order valence-electron chi connectivity index (χ2n) is 6.53. The molecule has 0 aromatic heterocycles. The predicted octanol–water partition coefficient (Wildman–Crippen LogP) is 4.62. The SMILES string of the molecule is CCNC(CC)C1CCC(C(C)(C)CC)CC1. The molecule has 1 heteroatoms. The first-order chi connectivity index (χ1) is 8.05. The molecule has 0 aromatic rings. The van der Waals surface area contributed by atoms with E-state index >= 15 is 0 Å². The van der Waals surface area contributed by atoms with Gasteiger partial charge in [0, 0.05) is 6.04 Å². The lowest BCUT2D eigenvalue weighted by atomic mass is 9.66. The molecule has 0 bridgehead atoms. The van der Waals surface area contributed by atoms with E-state index in [1.54, 1.807) is 0 Å². The predicted molar refractivity (Wildman–Crippen MR) is 77.3 cm³/mol. The fourth-order valence-corrected chi connectivity index (χ4v) is 3.50. The Kier molecular flexibility index (Phi) is 5.99. The normalized spacial score (nSPS) is 28.1. The van der Waals surface area contributed by atoms with Crippen molar-refractivity contribution in [3.8, 4) is 0 Å². The van der Waals surface area contributed by atoms with Crippen LogP contribution in [-0.4, -0.2) is 12.6 Å². The smallest absolute Gasteiger partial charge is 0.00925 e. The van der Waals surface area contributed by atoms with Crippen LogP contribution in [0.5, 0.6) is 0 Å². The van der Waals surface area contributed by atoms with Crippen LogP contribution in [0.3, 0.4) is 0 Å². The second kappa shape index (κ2) is 6.78. The summed E-state index contributed by atoms with van der Waals surface area (Å²) in [6.45, 7) is 12.9. The molecule has 1 aliphatic carbocycles. The Labute approximate surface area is 109 Å². The van der Waals surface area contributed by atoms with Gasteiger partial charge in [-0.3, -0.25) is 0 Å². The van der Waals surface area contributed by atoms with E-state index in [0.29, 0.717) is 5.41 Å². The van der Waals surface area contributed by atoms with Gasteiger partial charge in [-0.15, -0.1) is 0 Å². The molecular formula is C16H33N. The average molecular weight is 239 g/mol. The fourth-order valence-electron chi connectivity index (χ4n) is 3.50. The van der Waals surface area contributed by atoms with Gasteiger partial charge in [-0.1, -0.05) is 41.0 Å². The van der Waals surface area contributed by atoms with Crippen molar-refractivity contribution in [1.82, 2.24) is 5.32 Å². The molecule has 102 valence electrons. The molecule has 1 nitrogen and oxygen atoms in total. The van der Waals surface area contributed by atoms with Crippen molar-refractivity contribution in [2.45, 2.75) is 79.2 Å². The van der Waals surface area contributed by atoms with Crippen molar-refractivity contribution in [2.75, 3.05) is 6.54 Å². The molecule has 0 aromatic carbocycles. The Balaban J connectivity index is 2.44. The molecule has 17 heavy (non-hydrogen) atoms. The average Bonchev–Trinajstić information content (AvgIpc) is 2.36. The highest BCUT2D eigenvalue weighted by Crippen LogP contribution is 2.42. The van der Waals surface area contributed by atoms with Gasteiger partial charge in [0.1, 0.15) is 0 Å². The number of nitrogens with one attached hydrogen (secondary N) is 1. The molecule has 0 radical (unpaired) electrons. The zero-order chi connectivity index (χ0) is 12.9. The molecule has 0 saturated heterocycles. The van der Waals surface area contributed by atoms with Gasteiger partial charge in [-0.05, 0) is 55.9 Å². The minimum Gasteiger partial charge on any atom is -0.314 e. The first-order valence-corrected chi connectivity index (χ1v) is 7.78. The molecule has 0 aliphatic heterocycles. The summed E-state index contributed by atoms with van der Waals surface area (Å²) in [6.07, 6.45) is 8.41. The topological polar surface area (TPSA) is 12.0 Å². The fraction of sp³-hybridized carbons (Fsp3) is 1.00. The lowest BCUT2D eigenvalue weighted by molar-refractivity contribution is 0.114. The van der Waals surface area contributed by atoms with E-state index in [2.05, 4.69) is 39.9 Å². The zero-order valence-electron chi connectivity index (χ0n) is 12.7. The van der Waals surface area contributed by atoms with Crippen molar-refractivity contribution in [3.05, 3.63) is 0 Å². The van der Waals surface area contributed by atoms with E-state index in [1.165, 1.54) is 38.5 Å². The summed E-state index contributed by atoms with van der Waals surface area (Å²) in [5.41, 5.74) is 0.560. The maximum Gasteiger partial charge on any atom is 0.00925 e. The maximum atomic E-state index is 3.67. The van der Waals surface area contributed by atoms with Gasteiger partial charge in [-0.2, -0.15) is 0 Å². The highest BCUT2D eigenvalue weighted by molar-refractivity contribution is 4.86. The van der Waals surface area contributed by atoms with E-state index in [-0.39, 0.29) is 0 Å². The van der Waals surface area contributed by atoms with E-state index in [9.17, 15) is 0 Å². The third-order valence-electron chi connectivity index (χ3n) is 5.26. The van der Waals surface area contributed by atoms with Gasteiger partial charge >= 0.3 is 0 Å². The van der Waals surface area contributed by atoms with Crippen LogP contribution in [0.1, 0.15) is 73.1 Å². The molecule has 1 fully saturated rings. The minimum absolute atomic E-state index is 0.560. The van der Waals surface area contributed by atoms with Crippen LogP contribution in [-0.2, 0) is 0 Å². The summed E-state index contributed by atoms with van der Waals surface area (Å²) in [5, 5.41) is 3.67. The molecule has 1 aliphatic rings. The van der Waals surface area contributed by atoms with Gasteiger partial charge in [0.2, 0.25) is 0 Å². The Hall–Kier alpha value is -0.0400. The minimum atomic E-state index is 0.560. The first-order valence-electron chi connectivity index (χ1n) is 7.78. The number of hydrogen-bond donors (Lipinski definition) is 1. The molecule has 0 heterocycles. The lowest BCUT2D eigenvalue weighted by Crippen LogP contribution is -2.39. The summed E-state index contributed by atoms with van der Waals surface area (Å²) in [7, 11) is 0. The van der Waals surface area contributed by atoms with Gasteiger partial charge in [0.15, 0.2) is 0 Å². The molecule has 1 unspecified atom stereocenters. The van der Waals surface area contributed by atoms with Crippen molar-refractivity contribution in [3.63, 3.8) is 0 Å². The largest absolute Gasteiger partial charge is 0.314 e. The summed E-state index contributed by atoms with van der Waals surface area (Å²) in [5.74, 6) is 1.90. The Morgan fingerprint density at radius 3 is 2.06 bits per heavy atom. The summed E-state index contributed by atoms with van der Waals surface area (Å²) < 4.78 is 0. The van der Waals surface area contributed by atoms with Gasteiger partial charge in [0.05, 0.1) is 0 Å². The van der Waals surface area contributed by atoms with Crippen LogP contribution in [0.15, 0.2) is 0 Å². The van der Waals surface area contributed by atoms with Gasteiger partial charge < -0.3 is 5.32 Å². The molecule has 1 N–H and O–H groups in total. The highest BCUT2D eigenvalue weighted by Gasteiger charge is 2.33. The maximum absolute atomic E-state index is 3.67. The van der Waals surface area contributed by atoms with Crippen LogP contribution in [0, 0.1) is 17.3 Å². The van der Waals surface area contributed by atoms with Crippen LogP contribution >= 0.6 is 0 Å². The second-order valence-corrected chi connectivity index (χ2v) is 6.53. The molecular weight excluding hydrogens is 206 g/mol. The summed E-state index contributed by atoms with van der Waals surface area (Å²) in [6, 6.07) is 0.769. The number of rotatable bonds is 6. The molecule has 0 amide bonds. The number of hydrogen-bond acceptors (Lipinski definition) is 1. The van der Waals surface area contributed by atoms with Crippen LogP contribution in [0.4, 0.5) is 0 Å². The summed E-state index contributed by atoms with van der Waals surface area (Å²) >= 11 is 0. The van der Waals surface area contributed by atoms with Crippen molar-refractivity contribution in [1.29, 1.82) is 0 Å². The standard InChI is InChI=1S/C16H33N/c1-6-15(17-8-3)13-9-11-14(12-10-13)16(4,5)7-2/h13-15,17H,6-12H2,1-5H3. The zero-order valence-corrected chi connectivity index (χ0v) is 12.7. The van der Waals surface area contributed by atoms with Crippen molar-refractivity contribution >= 4 is 0 Å². The highest BCUT2D eigenvalue weighted by atomic mass is 14.9. The van der Waals surface area contributed by atoms with Crippen LogP contribution in [0.25, 0.3) is 0 Å². The van der Waals surface area contributed by atoms with E-state index in [0.717, 1.165) is 24.4 Å². The van der Waals surface area contributed by atoms with E-state index in [1.807, 2.05) is 0 Å². The van der Waals surface area contributed by atoms with Gasteiger partial charge in [-0.25, -0.2) is 0 Å². The van der Waals surface area contributed by atoms with Crippen LogP contribution in [0.2, 0.25) is 0 Å². The third kappa shape index (κ3) is 3.98. The molecule has 1 rings (SSSR count). The third-order valence-corrected chi connectivity index (χ3v) is 5.26. The Morgan fingerprint density at radius 1 is 1.06 bits per heavy atom. The Bertz CT molecular complexity index is 202. The summed E-state index contributed by atoms with van der Waals surface area (Å²) in [4.78, 5) is 0. The van der Waals surface area contributed by atoms with Crippen molar-refractivity contribution in [2.24, 2.45) is 17.3 Å². The molecule has 1 saturated carbocycles. The first kappa shape index (κ1) is 15.0. The van der Waals surface area contributed by atoms with E-state index < -0.39 is 0 Å². The van der Waals surface area contributed by atoms with E-state index in [4.69, 9.17) is 0 Å². The van der Waals surface area contributed by atoms with Crippen molar-refractivity contribution < 1.29 is 0 Å². The van der Waals surface area contributed by atoms with Gasteiger partial charge in [0.25, 0.3) is 0 Å². The quantitative estimate of drug-likeness (QED) is 0.713. The molecule has 1 atom stereocenters. The lowest BCUT2D eigenvalue weighted by Gasteiger charge is -2.41. The Morgan fingerprint density at radius 2 is 1.65 bits per heavy atom. The molecule has 0 spiro atoms.